The largest absolute Gasteiger partial charge is 0.508 e. The molecule has 2 atom stereocenters. The van der Waals surface area contributed by atoms with E-state index in [0.717, 1.165) is 24.6 Å². The summed E-state index contributed by atoms with van der Waals surface area (Å²) in [6.07, 6.45) is 6.22. The molecule has 19 heavy (non-hydrogen) atoms. The van der Waals surface area contributed by atoms with E-state index in [9.17, 15) is 9.90 Å². The third-order valence-corrected chi connectivity index (χ3v) is 3.69. The maximum Gasteiger partial charge on any atom is 0.275 e. The Balaban J connectivity index is 1.67. The second-order valence-corrected chi connectivity index (χ2v) is 4.88. The lowest BCUT2D eigenvalue weighted by Gasteiger charge is -2.31. The number of allylic oxidation sites excluding steroid dienone is 2. The number of hydrogen-bond acceptors (Lipinski definition) is 4. The number of carbonyl (C=O) groups is 1. The second kappa shape index (κ2) is 4.42. The van der Waals surface area contributed by atoms with Gasteiger partial charge in [-0.2, -0.15) is 5.10 Å². The van der Waals surface area contributed by atoms with Gasteiger partial charge >= 0.3 is 0 Å². The van der Waals surface area contributed by atoms with Gasteiger partial charge in [-0.25, -0.2) is 5.43 Å². The first-order chi connectivity index (χ1) is 9.15. The molecule has 1 saturated carbocycles. The van der Waals surface area contributed by atoms with Crippen LogP contribution in [0.3, 0.4) is 0 Å². The van der Waals surface area contributed by atoms with Crippen molar-refractivity contribution >= 4 is 11.6 Å². The third kappa shape index (κ3) is 2.07. The second-order valence-electron chi connectivity index (χ2n) is 4.88. The van der Waals surface area contributed by atoms with E-state index >= 15 is 0 Å². The van der Waals surface area contributed by atoms with E-state index in [4.69, 9.17) is 5.11 Å². The molecule has 1 aromatic carbocycles. The molecule has 1 aromatic rings. The number of hydrogen-bond donors (Lipinski definition) is 3. The van der Waals surface area contributed by atoms with Crippen molar-refractivity contribution in [2.75, 3.05) is 0 Å². The number of carbonyl (C=O) groups excluding carboxylic acids is 1. The van der Waals surface area contributed by atoms with Gasteiger partial charge in [-0.15, -0.1) is 0 Å². The lowest BCUT2D eigenvalue weighted by Crippen LogP contribution is -2.35. The summed E-state index contributed by atoms with van der Waals surface area (Å²) < 4.78 is 0. The molecule has 98 valence electrons. The van der Waals surface area contributed by atoms with E-state index in [2.05, 4.69) is 22.7 Å². The number of phenolic OH excluding ortho intramolecular Hbond substituents is 2. The van der Waals surface area contributed by atoms with Crippen LogP contribution >= 0.6 is 0 Å². The van der Waals surface area contributed by atoms with Crippen LogP contribution in [-0.2, 0) is 0 Å². The Hall–Kier alpha value is -2.30. The summed E-state index contributed by atoms with van der Waals surface area (Å²) in [4.78, 5) is 11.8. The molecular weight excluding hydrogens is 244 g/mol. The minimum Gasteiger partial charge on any atom is -0.508 e. The van der Waals surface area contributed by atoms with E-state index in [0.29, 0.717) is 11.8 Å². The molecule has 5 nitrogen and oxygen atoms in total. The Bertz CT molecular complexity index is 592. The molecule has 3 N–H and O–H groups in total. The fourth-order valence-electron chi connectivity index (χ4n) is 2.56. The first-order valence-electron chi connectivity index (χ1n) is 6.20. The predicted molar refractivity (Wildman–Crippen MR) is 70.0 cm³/mol. The van der Waals surface area contributed by atoms with Crippen LogP contribution in [0.25, 0.3) is 0 Å². The quantitative estimate of drug-likeness (QED) is 0.558. The number of nitrogens with one attached hydrogen (secondary N) is 1. The van der Waals surface area contributed by atoms with Gasteiger partial charge in [-0.1, -0.05) is 12.2 Å². The number of amides is 1. The zero-order chi connectivity index (χ0) is 13.4. The smallest absolute Gasteiger partial charge is 0.275 e. The summed E-state index contributed by atoms with van der Waals surface area (Å²) in [6.45, 7) is 0. The fourth-order valence-corrected chi connectivity index (χ4v) is 2.56. The summed E-state index contributed by atoms with van der Waals surface area (Å²) in [5.74, 6) is 0.205. The first-order valence-corrected chi connectivity index (χ1v) is 6.20. The number of phenols is 2. The highest BCUT2D eigenvalue weighted by atomic mass is 16.3. The highest BCUT2D eigenvalue weighted by Gasteiger charge is 2.38. The highest BCUT2D eigenvalue weighted by molar-refractivity contribution is 5.99. The average Bonchev–Trinajstić information content (AvgIpc) is 2.71. The lowest BCUT2D eigenvalue weighted by molar-refractivity contribution is 0.0951. The number of benzene rings is 1. The summed E-state index contributed by atoms with van der Waals surface area (Å²) in [6, 6.07) is 3.84. The van der Waals surface area contributed by atoms with Crippen LogP contribution < -0.4 is 5.43 Å². The van der Waals surface area contributed by atoms with E-state index in [1.165, 1.54) is 12.1 Å². The number of hydrazone groups is 1. The Morgan fingerprint density at radius 2 is 2.21 bits per heavy atom. The third-order valence-electron chi connectivity index (χ3n) is 3.69. The van der Waals surface area contributed by atoms with E-state index < -0.39 is 5.91 Å². The van der Waals surface area contributed by atoms with E-state index in [1.54, 1.807) is 0 Å². The monoisotopic (exact) mass is 258 g/mol. The van der Waals surface area contributed by atoms with Gasteiger partial charge < -0.3 is 10.2 Å². The van der Waals surface area contributed by atoms with Crippen LogP contribution in [0.2, 0.25) is 0 Å². The van der Waals surface area contributed by atoms with Crippen LogP contribution in [0.5, 0.6) is 11.5 Å². The molecule has 0 bridgehead atoms. The summed E-state index contributed by atoms with van der Waals surface area (Å²) in [5.41, 5.74) is 3.55. The van der Waals surface area contributed by atoms with Crippen molar-refractivity contribution in [2.24, 2.45) is 16.9 Å². The molecule has 2 unspecified atom stereocenters. The fraction of sp³-hybridized carbons (Fsp3) is 0.286. The summed E-state index contributed by atoms with van der Waals surface area (Å²) in [5, 5.41) is 22.8. The van der Waals surface area contributed by atoms with Crippen molar-refractivity contribution < 1.29 is 15.0 Å². The van der Waals surface area contributed by atoms with Crippen molar-refractivity contribution in [3.8, 4) is 11.5 Å². The molecule has 1 fully saturated rings. The number of aromatic hydroxyl groups is 2. The zero-order valence-corrected chi connectivity index (χ0v) is 10.2. The van der Waals surface area contributed by atoms with Gasteiger partial charge in [-0.05, 0) is 30.9 Å². The molecule has 1 amide bonds. The molecular formula is C14H14N2O3. The van der Waals surface area contributed by atoms with Gasteiger partial charge in [0.1, 0.15) is 11.5 Å². The Labute approximate surface area is 110 Å². The van der Waals surface area contributed by atoms with Gasteiger partial charge in [-0.3, -0.25) is 4.79 Å². The van der Waals surface area contributed by atoms with Crippen molar-refractivity contribution in [3.63, 3.8) is 0 Å². The average molecular weight is 258 g/mol. The maximum atomic E-state index is 11.8. The van der Waals surface area contributed by atoms with Crippen molar-refractivity contribution in [1.29, 1.82) is 0 Å². The van der Waals surface area contributed by atoms with E-state index in [1.807, 2.05) is 0 Å². The van der Waals surface area contributed by atoms with Crippen molar-refractivity contribution in [1.82, 2.24) is 5.43 Å². The summed E-state index contributed by atoms with van der Waals surface area (Å²) >= 11 is 0. The number of fused-ring (bicyclic) bond motifs is 1. The Morgan fingerprint density at radius 3 is 2.95 bits per heavy atom. The minimum atomic E-state index is -0.473. The van der Waals surface area contributed by atoms with Crippen LogP contribution in [0.4, 0.5) is 0 Å². The zero-order valence-electron chi connectivity index (χ0n) is 10.2. The predicted octanol–water partition coefficient (Wildman–Crippen LogP) is 1.78. The molecule has 0 radical (unpaired) electrons. The van der Waals surface area contributed by atoms with Gasteiger partial charge in [0, 0.05) is 17.7 Å². The summed E-state index contributed by atoms with van der Waals surface area (Å²) in [7, 11) is 0. The van der Waals surface area contributed by atoms with Gasteiger partial charge in [0.25, 0.3) is 5.91 Å². The van der Waals surface area contributed by atoms with Crippen molar-refractivity contribution in [2.45, 2.75) is 12.8 Å². The number of rotatable bonds is 2. The molecule has 0 spiro atoms. The molecule has 2 aliphatic carbocycles. The van der Waals surface area contributed by atoms with Crippen molar-refractivity contribution in [3.05, 3.63) is 35.9 Å². The van der Waals surface area contributed by atoms with Crippen LogP contribution in [-0.4, -0.2) is 21.8 Å². The molecule has 3 rings (SSSR count). The highest BCUT2D eigenvalue weighted by Crippen LogP contribution is 2.40. The molecule has 2 aliphatic rings. The SMILES string of the molecule is O=C(N/N=C1/CC2C=CCC12)c1ccc(O)cc1O. The standard InChI is InChI=1S/C14H14N2O3/c17-9-4-5-11(13(18)7-9)14(19)16-15-12-6-8-2-1-3-10(8)12/h1-2,4-5,7-8,10,17-18H,3,6H2,(H,16,19)/b15-12-. The minimum absolute atomic E-state index is 0.0840. The molecule has 0 saturated heterocycles. The van der Waals surface area contributed by atoms with E-state index in [-0.39, 0.29) is 17.1 Å². The Morgan fingerprint density at radius 1 is 1.37 bits per heavy atom. The molecule has 5 heteroatoms. The van der Waals surface area contributed by atoms with Crippen LogP contribution in [0.15, 0.2) is 35.5 Å². The van der Waals surface area contributed by atoms with Gasteiger partial charge in [0.05, 0.1) is 5.56 Å². The van der Waals surface area contributed by atoms with Crippen LogP contribution in [0.1, 0.15) is 23.2 Å². The molecule has 0 heterocycles. The normalized spacial score (nSPS) is 26.0. The molecule has 0 aromatic heterocycles. The van der Waals surface area contributed by atoms with Crippen LogP contribution in [0, 0.1) is 11.8 Å². The maximum absolute atomic E-state index is 11.8. The Kier molecular flexibility index (Phi) is 2.74. The van der Waals surface area contributed by atoms with Gasteiger partial charge in [0.15, 0.2) is 0 Å². The molecule has 0 aliphatic heterocycles. The number of nitrogens with zero attached hydrogens (tertiary/aromatic N) is 1. The van der Waals surface area contributed by atoms with Gasteiger partial charge in [0.2, 0.25) is 0 Å². The topological polar surface area (TPSA) is 81.9 Å². The first kappa shape index (κ1) is 11.8. The lowest BCUT2D eigenvalue weighted by atomic mass is 9.74.